The van der Waals surface area contributed by atoms with E-state index in [0.29, 0.717) is 15.8 Å². The lowest BCUT2D eigenvalue weighted by Gasteiger charge is -2.25. The first-order chi connectivity index (χ1) is 20.9. The van der Waals surface area contributed by atoms with Gasteiger partial charge in [0.15, 0.2) is 11.5 Å². The van der Waals surface area contributed by atoms with Gasteiger partial charge < -0.3 is 18.8 Å². The van der Waals surface area contributed by atoms with Crippen LogP contribution < -0.4 is 23.9 Å². The highest BCUT2D eigenvalue weighted by Gasteiger charge is 2.30. The molecule has 1 amide bonds. The fraction of sp³-hybridized carbons (Fsp3) is 0.200. The quantitative estimate of drug-likeness (QED) is 0.145. The van der Waals surface area contributed by atoms with Gasteiger partial charge in [-0.25, -0.2) is 13.8 Å². The molecule has 0 atom stereocenters. The van der Waals surface area contributed by atoms with Gasteiger partial charge in [-0.2, -0.15) is 5.10 Å². The number of hydrogen-bond donors (Lipinski definition) is 1. The molecule has 0 fully saturated rings. The Morgan fingerprint density at radius 2 is 1.57 bits per heavy atom. The van der Waals surface area contributed by atoms with Crippen LogP contribution in [0, 0.1) is 13.8 Å². The summed E-state index contributed by atoms with van der Waals surface area (Å²) in [6.07, 6.45) is 1.47. The maximum atomic E-state index is 14.0. The number of nitrogens with zero attached hydrogens (tertiary/aromatic N) is 3. The first-order valence-corrected chi connectivity index (χ1v) is 15.5. The Labute approximate surface area is 270 Å². The van der Waals surface area contributed by atoms with E-state index in [1.807, 2.05) is 30.5 Å². The molecule has 0 aliphatic heterocycles. The van der Waals surface area contributed by atoms with E-state index < -0.39 is 22.5 Å². The number of hydrogen-bond acceptors (Lipinski definition) is 7. The van der Waals surface area contributed by atoms with Gasteiger partial charge in [0.25, 0.3) is 15.9 Å². The molecule has 1 aromatic heterocycles. The van der Waals surface area contributed by atoms with Gasteiger partial charge >= 0.3 is 0 Å². The molecule has 0 spiro atoms. The molecule has 0 bridgehead atoms. The Morgan fingerprint density at radius 3 is 2.23 bits per heavy atom. The standard InChI is InChI=1S/C30H29Cl3N4O6S/c1-18-12-20(19(2)37(18)22-7-9-24(32)25(33)14-22)16-34-35-30(38)17-36(26-13-21(31)6-10-27(26)41-3)44(39,40)23-8-11-28(42-4)29(15-23)43-5/h6-16H,17H2,1-5H3,(H,35,38)/b34-16-. The van der Waals surface area contributed by atoms with Crippen LogP contribution in [0.1, 0.15) is 17.0 Å². The van der Waals surface area contributed by atoms with Crippen LogP contribution in [0.5, 0.6) is 17.2 Å². The summed E-state index contributed by atoms with van der Waals surface area (Å²) in [5.74, 6) is -0.00170. The highest BCUT2D eigenvalue weighted by molar-refractivity contribution is 7.92. The minimum absolute atomic E-state index is 0.0547. The number of aryl methyl sites for hydroxylation is 1. The van der Waals surface area contributed by atoms with Crippen LogP contribution in [0.15, 0.2) is 70.7 Å². The lowest BCUT2D eigenvalue weighted by Crippen LogP contribution is -2.39. The number of benzene rings is 3. The Bertz CT molecular complexity index is 1840. The molecule has 0 unspecified atom stereocenters. The predicted octanol–water partition coefficient (Wildman–Crippen LogP) is 6.43. The first-order valence-electron chi connectivity index (χ1n) is 13.0. The molecule has 0 radical (unpaired) electrons. The number of hydrazone groups is 1. The van der Waals surface area contributed by atoms with Gasteiger partial charge in [-0.05, 0) is 68.4 Å². The van der Waals surface area contributed by atoms with Crippen LogP contribution in [0.3, 0.4) is 0 Å². The fourth-order valence-electron chi connectivity index (χ4n) is 4.54. The molecule has 0 aliphatic carbocycles. The monoisotopic (exact) mass is 678 g/mol. The normalized spacial score (nSPS) is 11.5. The van der Waals surface area contributed by atoms with Crippen molar-refractivity contribution in [2.24, 2.45) is 5.10 Å². The minimum atomic E-state index is -4.36. The summed E-state index contributed by atoms with van der Waals surface area (Å²) >= 11 is 18.5. The molecule has 44 heavy (non-hydrogen) atoms. The van der Waals surface area contributed by atoms with Crippen LogP contribution in [0.4, 0.5) is 5.69 Å². The van der Waals surface area contributed by atoms with Crippen LogP contribution in [0.2, 0.25) is 15.1 Å². The third-order valence-corrected chi connectivity index (χ3v) is 9.39. The van der Waals surface area contributed by atoms with Crippen molar-refractivity contribution in [3.05, 3.63) is 92.7 Å². The summed E-state index contributed by atoms with van der Waals surface area (Å²) in [7, 11) is -0.151. The molecule has 1 heterocycles. The second-order valence-electron chi connectivity index (χ2n) is 9.40. The van der Waals surface area contributed by atoms with Gasteiger partial charge in [0.05, 0.1) is 48.2 Å². The predicted molar refractivity (Wildman–Crippen MR) is 173 cm³/mol. The van der Waals surface area contributed by atoms with Gasteiger partial charge in [-0.1, -0.05) is 34.8 Å². The van der Waals surface area contributed by atoms with Crippen molar-refractivity contribution >= 4 is 62.6 Å². The zero-order valence-corrected chi connectivity index (χ0v) is 27.5. The zero-order valence-electron chi connectivity index (χ0n) is 24.4. The molecule has 0 aliphatic rings. The van der Waals surface area contributed by atoms with Crippen molar-refractivity contribution < 1.29 is 27.4 Å². The van der Waals surface area contributed by atoms with E-state index in [-0.39, 0.29) is 27.1 Å². The molecule has 1 N–H and O–H groups in total. The molecule has 14 heteroatoms. The minimum Gasteiger partial charge on any atom is -0.495 e. The molecule has 4 rings (SSSR count). The second kappa shape index (κ2) is 13.8. The second-order valence-corrected chi connectivity index (χ2v) is 12.5. The Balaban J connectivity index is 1.64. The molecular weight excluding hydrogens is 651 g/mol. The van der Waals surface area contributed by atoms with Crippen LogP contribution >= 0.6 is 34.8 Å². The maximum Gasteiger partial charge on any atom is 0.265 e. The SMILES string of the molecule is COc1ccc(S(=O)(=O)N(CC(=O)N/N=C\c2cc(C)n(-c3ccc(Cl)c(Cl)c3)c2C)c2cc(Cl)ccc2OC)cc1OC. The average Bonchev–Trinajstić information content (AvgIpc) is 3.28. The molecule has 4 aromatic rings. The van der Waals surface area contributed by atoms with Crippen molar-refractivity contribution in [1.29, 1.82) is 0 Å². The molecular formula is C30H29Cl3N4O6S. The number of methoxy groups -OCH3 is 3. The molecule has 0 saturated heterocycles. The Hall–Kier alpha value is -3.90. The number of ether oxygens (including phenoxy) is 3. The Morgan fingerprint density at radius 1 is 0.886 bits per heavy atom. The van der Waals surface area contributed by atoms with Gasteiger partial charge in [0, 0.05) is 33.7 Å². The van der Waals surface area contributed by atoms with E-state index in [1.54, 1.807) is 18.2 Å². The van der Waals surface area contributed by atoms with Crippen molar-refractivity contribution in [3.63, 3.8) is 0 Å². The van der Waals surface area contributed by atoms with E-state index in [9.17, 15) is 13.2 Å². The number of carbonyl (C=O) groups is 1. The van der Waals surface area contributed by atoms with Crippen LogP contribution in [-0.4, -0.2) is 53.0 Å². The van der Waals surface area contributed by atoms with Crippen molar-refractivity contribution in [2.75, 3.05) is 32.2 Å². The number of aromatic nitrogens is 1. The third kappa shape index (κ3) is 6.91. The third-order valence-electron chi connectivity index (χ3n) is 6.66. The molecule has 0 saturated carbocycles. The molecule has 3 aromatic carbocycles. The molecule has 10 nitrogen and oxygen atoms in total. The fourth-order valence-corrected chi connectivity index (χ4v) is 6.44. The number of amides is 1. The van der Waals surface area contributed by atoms with E-state index in [2.05, 4.69) is 10.5 Å². The lowest BCUT2D eigenvalue weighted by atomic mass is 10.2. The summed E-state index contributed by atoms with van der Waals surface area (Å²) in [4.78, 5) is 13.0. The Kier molecular flexibility index (Phi) is 10.4. The number of rotatable bonds is 11. The summed E-state index contributed by atoms with van der Waals surface area (Å²) < 4.78 is 46.7. The maximum absolute atomic E-state index is 14.0. The highest BCUT2D eigenvalue weighted by atomic mass is 35.5. The summed E-state index contributed by atoms with van der Waals surface area (Å²) in [5.41, 5.74) is 5.74. The first kappa shape index (κ1) is 33.0. The van der Waals surface area contributed by atoms with Gasteiger partial charge in [0.2, 0.25) is 0 Å². The highest BCUT2D eigenvalue weighted by Crippen LogP contribution is 2.37. The number of sulfonamides is 1. The van der Waals surface area contributed by atoms with Gasteiger partial charge in [-0.15, -0.1) is 0 Å². The van der Waals surface area contributed by atoms with E-state index in [4.69, 9.17) is 49.0 Å². The summed E-state index contributed by atoms with van der Waals surface area (Å²) in [6, 6.07) is 15.8. The zero-order chi connectivity index (χ0) is 32.2. The van der Waals surface area contributed by atoms with Crippen LogP contribution in [0.25, 0.3) is 5.69 Å². The summed E-state index contributed by atoms with van der Waals surface area (Å²) in [5, 5.41) is 5.20. The van der Waals surface area contributed by atoms with E-state index >= 15 is 0 Å². The topological polar surface area (TPSA) is 111 Å². The van der Waals surface area contributed by atoms with Crippen molar-refractivity contribution in [3.8, 4) is 22.9 Å². The number of carbonyl (C=O) groups excluding carboxylic acids is 1. The number of halogens is 3. The lowest BCUT2D eigenvalue weighted by molar-refractivity contribution is -0.119. The number of anilines is 1. The molecule has 232 valence electrons. The van der Waals surface area contributed by atoms with E-state index in [1.165, 1.54) is 57.9 Å². The summed E-state index contributed by atoms with van der Waals surface area (Å²) in [6.45, 7) is 3.16. The van der Waals surface area contributed by atoms with Crippen molar-refractivity contribution in [1.82, 2.24) is 9.99 Å². The van der Waals surface area contributed by atoms with E-state index in [0.717, 1.165) is 26.9 Å². The smallest absolute Gasteiger partial charge is 0.265 e. The largest absolute Gasteiger partial charge is 0.495 e. The number of nitrogens with one attached hydrogen (secondary N) is 1. The average molecular weight is 680 g/mol. The van der Waals surface area contributed by atoms with Gasteiger partial charge in [0.1, 0.15) is 12.3 Å². The van der Waals surface area contributed by atoms with Crippen LogP contribution in [-0.2, 0) is 14.8 Å². The van der Waals surface area contributed by atoms with Gasteiger partial charge in [-0.3, -0.25) is 9.10 Å². The van der Waals surface area contributed by atoms with Crippen molar-refractivity contribution in [2.45, 2.75) is 18.7 Å².